The third-order valence-electron chi connectivity index (χ3n) is 4.21. The van der Waals surface area contributed by atoms with E-state index >= 15 is 0 Å². The van der Waals surface area contributed by atoms with E-state index in [-0.39, 0.29) is 12.2 Å². The SMILES string of the molecule is CCC(C)Oc1ccc(Cc2ccc(OC(C)CC)c(Cl)c2)cc1Cl. The van der Waals surface area contributed by atoms with Crippen LogP contribution < -0.4 is 9.47 Å². The Kier molecular flexibility index (Phi) is 7.46. The highest BCUT2D eigenvalue weighted by molar-refractivity contribution is 6.32. The van der Waals surface area contributed by atoms with Crippen molar-refractivity contribution in [3.05, 3.63) is 57.6 Å². The molecule has 2 aromatic rings. The van der Waals surface area contributed by atoms with Gasteiger partial charge in [-0.25, -0.2) is 0 Å². The first-order valence-electron chi connectivity index (χ1n) is 8.83. The van der Waals surface area contributed by atoms with Crippen molar-refractivity contribution in [1.82, 2.24) is 0 Å². The standard InChI is InChI=1S/C21H26Cl2O2/c1-5-14(3)24-20-9-7-16(12-18(20)22)11-17-8-10-21(19(23)13-17)25-15(4)6-2/h7-10,12-15H,5-6,11H2,1-4H3. The smallest absolute Gasteiger partial charge is 0.138 e. The monoisotopic (exact) mass is 380 g/mol. The number of hydrogen-bond donors (Lipinski definition) is 0. The number of hydrogen-bond acceptors (Lipinski definition) is 2. The van der Waals surface area contributed by atoms with Crippen molar-refractivity contribution in [1.29, 1.82) is 0 Å². The summed E-state index contributed by atoms with van der Waals surface area (Å²) in [6.45, 7) is 8.25. The fourth-order valence-electron chi connectivity index (χ4n) is 2.34. The number of rotatable bonds is 8. The molecule has 0 spiro atoms. The Morgan fingerprint density at radius 3 is 1.48 bits per heavy atom. The van der Waals surface area contributed by atoms with Gasteiger partial charge in [0.2, 0.25) is 0 Å². The van der Waals surface area contributed by atoms with E-state index in [9.17, 15) is 0 Å². The minimum absolute atomic E-state index is 0.153. The second-order valence-corrected chi connectivity index (χ2v) is 7.19. The molecule has 0 saturated carbocycles. The van der Waals surface area contributed by atoms with Crippen LogP contribution in [-0.4, -0.2) is 12.2 Å². The van der Waals surface area contributed by atoms with Crippen LogP contribution in [0.2, 0.25) is 10.0 Å². The van der Waals surface area contributed by atoms with Crippen LogP contribution in [-0.2, 0) is 6.42 Å². The van der Waals surface area contributed by atoms with Crippen LogP contribution in [0.15, 0.2) is 36.4 Å². The summed E-state index contributed by atoms with van der Waals surface area (Å²) in [6, 6.07) is 11.9. The quantitative estimate of drug-likeness (QED) is 0.493. The fourth-order valence-corrected chi connectivity index (χ4v) is 2.83. The summed E-state index contributed by atoms with van der Waals surface area (Å²) in [5.74, 6) is 1.46. The van der Waals surface area contributed by atoms with Gasteiger partial charge in [-0.2, -0.15) is 0 Å². The molecule has 25 heavy (non-hydrogen) atoms. The lowest BCUT2D eigenvalue weighted by molar-refractivity contribution is 0.217. The van der Waals surface area contributed by atoms with Crippen molar-refractivity contribution >= 4 is 23.2 Å². The lowest BCUT2D eigenvalue weighted by Gasteiger charge is -2.15. The van der Waals surface area contributed by atoms with Gasteiger partial charge < -0.3 is 9.47 Å². The Morgan fingerprint density at radius 1 is 0.760 bits per heavy atom. The molecule has 4 heteroatoms. The summed E-state index contributed by atoms with van der Waals surface area (Å²) in [7, 11) is 0. The van der Waals surface area contributed by atoms with Crippen molar-refractivity contribution in [2.24, 2.45) is 0 Å². The Labute approximate surface area is 161 Å². The largest absolute Gasteiger partial charge is 0.489 e. The van der Waals surface area contributed by atoms with Gasteiger partial charge >= 0.3 is 0 Å². The molecular formula is C21H26Cl2O2. The molecule has 0 N–H and O–H groups in total. The Balaban J connectivity index is 2.09. The predicted molar refractivity (Wildman–Crippen MR) is 106 cm³/mol. The first-order chi connectivity index (χ1) is 11.9. The first kappa shape index (κ1) is 19.9. The van der Waals surface area contributed by atoms with Crippen molar-refractivity contribution in [3.63, 3.8) is 0 Å². The third-order valence-corrected chi connectivity index (χ3v) is 4.80. The molecule has 0 bridgehead atoms. The zero-order valence-corrected chi connectivity index (χ0v) is 16.8. The topological polar surface area (TPSA) is 18.5 Å². The Bertz CT molecular complexity index is 641. The summed E-state index contributed by atoms with van der Waals surface area (Å²) in [5, 5.41) is 1.28. The van der Waals surface area contributed by atoms with Gasteiger partial charge in [-0.1, -0.05) is 49.2 Å². The van der Waals surface area contributed by atoms with Crippen molar-refractivity contribution in [2.75, 3.05) is 0 Å². The van der Waals surface area contributed by atoms with E-state index < -0.39 is 0 Å². The van der Waals surface area contributed by atoms with E-state index in [0.717, 1.165) is 41.9 Å². The predicted octanol–water partition coefficient (Wildman–Crippen LogP) is 6.94. The molecule has 0 aliphatic rings. The van der Waals surface area contributed by atoms with Crippen molar-refractivity contribution in [2.45, 2.75) is 59.2 Å². The van der Waals surface area contributed by atoms with E-state index in [4.69, 9.17) is 32.7 Å². The van der Waals surface area contributed by atoms with Crippen LogP contribution in [0.3, 0.4) is 0 Å². The van der Waals surface area contributed by atoms with Gasteiger partial charge in [-0.05, 0) is 68.5 Å². The Hall–Kier alpha value is -1.38. The molecule has 2 aromatic carbocycles. The van der Waals surface area contributed by atoms with Crippen LogP contribution in [0, 0.1) is 0 Å². The summed E-state index contributed by atoms with van der Waals surface area (Å²) in [5.41, 5.74) is 2.24. The van der Waals surface area contributed by atoms with E-state index in [1.54, 1.807) is 0 Å². The zero-order chi connectivity index (χ0) is 18.4. The molecule has 0 aliphatic carbocycles. The lowest BCUT2D eigenvalue weighted by Crippen LogP contribution is -2.10. The van der Waals surface area contributed by atoms with Gasteiger partial charge in [0, 0.05) is 0 Å². The zero-order valence-electron chi connectivity index (χ0n) is 15.3. The van der Waals surface area contributed by atoms with Gasteiger partial charge in [0.1, 0.15) is 11.5 Å². The van der Waals surface area contributed by atoms with E-state index in [2.05, 4.69) is 13.8 Å². The molecule has 2 atom stereocenters. The van der Waals surface area contributed by atoms with Crippen LogP contribution >= 0.6 is 23.2 Å². The van der Waals surface area contributed by atoms with Gasteiger partial charge in [0.25, 0.3) is 0 Å². The lowest BCUT2D eigenvalue weighted by atomic mass is 10.0. The highest BCUT2D eigenvalue weighted by Crippen LogP contribution is 2.30. The molecule has 2 nitrogen and oxygen atoms in total. The van der Waals surface area contributed by atoms with Crippen LogP contribution in [0.4, 0.5) is 0 Å². The average Bonchev–Trinajstić information content (AvgIpc) is 2.59. The molecule has 0 heterocycles. The number of ether oxygens (including phenoxy) is 2. The highest BCUT2D eigenvalue weighted by Gasteiger charge is 2.10. The molecule has 0 amide bonds. The molecule has 136 valence electrons. The molecule has 0 fully saturated rings. The molecule has 0 radical (unpaired) electrons. The molecule has 2 rings (SSSR count). The summed E-state index contributed by atoms with van der Waals surface area (Å²) >= 11 is 12.7. The third kappa shape index (κ3) is 5.83. The maximum absolute atomic E-state index is 6.36. The minimum atomic E-state index is 0.153. The number of halogens is 2. The van der Waals surface area contributed by atoms with Gasteiger partial charge in [-0.3, -0.25) is 0 Å². The molecule has 0 aromatic heterocycles. The molecule has 0 saturated heterocycles. The maximum Gasteiger partial charge on any atom is 0.138 e. The van der Waals surface area contributed by atoms with E-state index in [1.165, 1.54) is 0 Å². The first-order valence-corrected chi connectivity index (χ1v) is 9.58. The summed E-state index contributed by atoms with van der Waals surface area (Å²) in [6.07, 6.45) is 2.95. The van der Waals surface area contributed by atoms with Gasteiger partial charge in [0.15, 0.2) is 0 Å². The molecule has 2 unspecified atom stereocenters. The Morgan fingerprint density at radius 2 is 1.16 bits per heavy atom. The molecule has 0 aliphatic heterocycles. The maximum atomic E-state index is 6.36. The minimum Gasteiger partial charge on any atom is -0.489 e. The van der Waals surface area contributed by atoms with E-state index in [0.29, 0.717) is 10.0 Å². The second kappa shape index (κ2) is 9.35. The second-order valence-electron chi connectivity index (χ2n) is 6.38. The summed E-state index contributed by atoms with van der Waals surface area (Å²) in [4.78, 5) is 0. The van der Waals surface area contributed by atoms with E-state index in [1.807, 2.05) is 50.2 Å². The average molecular weight is 381 g/mol. The van der Waals surface area contributed by atoms with Crippen LogP contribution in [0.25, 0.3) is 0 Å². The normalized spacial score (nSPS) is 13.4. The number of benzene rings is 2. The van der Waals surface area contributed by atoms with Crippen LogP contribution in [0.1, 0.15) is 51.7 Å². The fraction of sp³-hybridized carbons (Fsp3) is 0.429. The highest BCUT2D eigenvalue weighted by atomic mass is 35.5. The van der Waals surface area contributed by atoms with Gasteiger partial charge in [0.05, 0.1) is 22.3 Å². The van der Waals surface area contributed by atoms with Crippen molar-refractivity contribution in [3.8, 4) is 11.5 Å². The van der Waals surface area contributed by atoms with Crippen molar-refractivity contribution < 1.29 is 9.47 Å². The van der Waals surface area contributed by atoms with Crippen LogP contribution in [0.5, 0.6) is 11.5 Å². The van der Waals surface area contributed by atoms with Gasteiger partial charge in [-0.15, -0.1) is 0 Å². The summed E-state index contributed by atoms with van der Waals surface area (Å²) < 4.78 is 11.6. The molecular weight excluding hydrogens is 355 g/mol.